The van der Waals surface area contributed by atoms with Gasteiger partial charge < -0.3 is 10.6 Å². The van der Waals surface area contributed by atoms with Crippen LogP contribution >= 0.6 is 11.6 Å². The zero-order valence-corrected chi connectivity index (χ0v) is 15.6. The van der Waals surface area contributed by atoms with Gasteiger partial charge in [-0.3, -0.25) is 9.59 Å². The summed E-state index contributed by atoms with van der Waals surface area (Å²) in [5.41, 5.74) is 3.27. The van der Waals surface area contributed by atoms with E-state index in [0.717, 1.165) is 16.8 Å². The van der Waals surface area contributed by atoms with Crippen LogP contribution in [0.15, 0.2) is 42.5 Å². The van der Waals surface area contributed by atoms with Crippen LogP contribution in [-0.4, -0.2) is 17.9 Å². The van der Waals surface area contributed by atoms with Gasteiger partial charge >= 0.3 is 0 Å². The highest BCUT2D eigenvalue weighted by Gasteiger charge is 2.25. The van der Waals surface area contributed by atoms with Crippen molar-refractivity contribution in [3.63, 3.8) is 0 Å². The van der Waals surface area contributed by atoms with Gasteiger partial charge in [-0.1, -0.05) is 37.6 Å². The van der Waals surface area contributed by atoms with Crippen molar-refractivity contribution >= 4 is 29.1 Å². The summed E-state index contributed by atoms with van der Waals surface area (Å²) in [6.45, 7) is 7.70. The van der Waals surface area contributed by atoms with Crippen LogP contribution in [0, 0.1) is 19.8 Å². The first-order chi connectivity index (χ1) is 11.8. The number of rotatable bonds is 5. The number of anilines is 1. The molecule has 0 radical (unpaired) electrons. The first-order valence-corrected chi connectivity index (χ1v) is 8.60. The fourth-order valence-corrected chi connectivity index (χ4v) is 2.57. The van der Waals surface area contributed by atoms with Crippen molar-refractivity contribution in [2.45, 2.75) is 33.7 Å². The van der Waals surface area contributed by atoms with Crippen molar-refractivity contribution in [3.8, 4) is 0 Å². The van der Waals surface area contributed by atoms with Gasteiger partial charge in [-0.25, -0.2) is 0 Å². The van der Waals surface area contributed by atoms with E-state index in [9.17, 15) is 9.59 Å². The molecule has 0 aliphatic carbocycles. The normalized spacial score (nSPS) is 11.9. The van der Waals surface area contributed by atoms with Crippen molar-refractivity contribution < 1.29 is 9.59 Å². The first kappa shape index (κ1) is 19.0. The predicted molar refractivity (Wildman–Crippen MR) is 102 cm³/mol. The average Bonchev–Trinajstić information content (AvgIpc) is 2.56. The molecule has 0 bridgehead atoms. The second kappa shape index (κ2) is 8.17. The van der Waals surface area contributed by atoms with Crippen LogP contribution in [-0.2, 0) is 4.79 Å². The van der Waals surface area contributed by atoms with E-state index in [1.54, 1.807) is 24.3 Å². The number of benzene rings is 2. The second-order valence-electron chi connectivity index (χ2n) is 6.51. The summed E-state index contributed by atoms with van der Waals surface area (Å²) in [6.07, 6.45) is 0. The lowest BCUT2D eigenvalue weighted by Crippen LogP contribution is -2.47. The zero-order valence-electron chi connectivity index (χ0n) is 14.9. The highest BCUT2D eigenvalue weighted by atomic mass is 35.5. The van der Waals surface area contributed by atoms with Crippen LogP contribution in [0.3, 0.4) is 0 Å². The SMILES string of the molecule is Cc1ccc(C)c(NC(=O)[C@H](NC(=O)c2ccc(Cl)cc2)C(C)C)c1. The molecule has 2 N–H and O–H groups in total. The first-order valence-electron chi connectivity index (χ1n) is 8.22. The maximum Gasteiger partial charge on any atom is 0.251 e. The number of nitrogens with one attached hydrogen (secondary N) is 2. The Hall–Kier alpha value is -2.33. The molecule has 2 aromatic carbocycles. The van der Waals surface area contributed by atoms with Crippen molar-refractivity contribution in [1.82, 2.24) is 5.32 Å². The van der Waals surface area contributed by atoms with Crippen molar-refractivity contribution in [2.75, 3.05) is 5.32 Å². The molecule has 25 heavy (non-hydrogen) atoms. The molecule has 4 nitrogen and oxygen atoms in total. The Morgan fingerprint density at radius 2 is 1.64 bits per heavy atom. The molecule has 0 fully saturated rings. The third-order valence-corrected chi connectivity index (χ3v) is 4.25. The summed E-state index contributed by atoms with van der Waals surface area (Å²) in [7, 11) is 0. The molecule has 2 aromatic rings. The average molecular weight is 359 g/mol. The molecule has 0 unspecified atom stereocenters. The molecule has 0 saturated heterocycles. The molecule has 2 rings (SSSR count). The third-order valence-electron chi connectivity index (χ3n) is 3.99. The Morgan fingerprint density at radius 1 is 1.00 bits per heavy atom. The molecule has 132 valence electrons. The minimum atomic E-state index is -0.636. The van der Waals surface area contributed by atoms with Gasteiger partial charge in [-0.15, -0.1) is 0 Å². The second-order valence-corrected chi connectivity index (χ2v) is 6.95. The number of halogens is 1. The molecule has 0 heterocycles. The van der Waals surface area contributed by atoms with Gasteiger partial charge in [-0.2, -0.15) is 0 Å². The number of amides is 2. The molecule has 0 saturated carbocycles. The highest BCUT2D eigenvalue weighted by Crippen LogP contribution is 2.18. The van der Waals surface area contributed by atoms with Crippen LogP contribution in [0.25, 0.3) is 0 Å². The highest BCUT2D eigenvalue weighted by molar-refractivity contribution is 6.30. The van der Waals surface area contributed by atoms with Crippen molar-refractivity contribution in [3.05, 3.63) is 64.2 Å². The maximum atomic E-state index is 12.7. The summed E-state index contributed by atoms with van der Waals surface area (Å²) >= 11 is 5.84. The largest absolute Gasteiger partial charge is 0.340 e. The van der Waals surface area contributed by atoms with Crippen LogP contribution in [0.2, 0.25) is 5.02 Å². The molecule has 1 atom stereocenters. The van der Waals surface area contributed by atoms with E-state index in [2.05, 4.69) is 10.6 Å². The Bertz CT molecular complexity index is 770. The van der Waals surface area contributed by atoms with E-state index in [1.807, 2.05) is 45.9 Å². The Kier molecular flexibility index (Phi) is 6.21. The summed E-state index contributed by atoms with van der Waals surface area (Å²) in [5.74, 6) is -0.584. The van der Waals surface area contributed by atoms with Crippen LogP contribution in [0.5, 0.6) is 0 Å². The Labute approximate surface area is 153 Å². The lowest BCUT2D eigenvalue weighted by molar-refractivity contribution is -0.118. The smallest absolute Gasteiger partial charge is 0.251 e. The lowest BCUT2D eigenvalue weighted by Gasteiger charge is -2.22. The minimum Gasteiger partial charge on any atom is -0.340 e. The monoisotopic (exact) mass is 358 g/mol. The van der Waals surface area contributed by atoms with E-state index in [1.165, 1.54) is 0 Å². The van der Waals surface area contributed by atoms with E-state index in [4.69, 9.17) is 11.6 Å². The van der Waals surface area contributed by atoms with Crippen molar-refractivity contribution in [1.29, 1.82) is 0 Å². The predicted octanol–water partition coefficient (Wildman–Crippen LogP) is 4.35. The summed E-state index contributed by atoms with van der Waals surface area (Å²) in [5, 5.41) is 6.30. The molecule has 2 amide bonds. The van der Waals surface area contributed by atoms with Crippen molar-refractivity contribution in [2.24, 2.45) is 5.92 Å². The molecule has 0 aliphatic heterocycles. The Morgan fingerprint density at radius 3 is 2.24 bits per heavy atom. The molecular weight excluding hydrogens is 336 g/mol. The fraction of sp³-hybridized carbons (Fsp3) is 0.300. The van der Waals surface area contributed by atoms with Gasteiger partial charge in [0.2, 0.25) is 5.91 Å². The molecule has 5 heteroatoms. The van der Waals surface area contributed by atoms with Gasteiger partial charge in [-0.05, 0) is 61.2 Å². The van der Waals surface area contributed by atoms with Gasteiger partial charge in [0.1, 0.15) is 6.04 Å². The fourth-order valence-electron chi connectivity index (χ4n) is 2.44. The lowest BCUT2D eigenvalue weighted by atomic mass is 10.0. The quantitative estimate of drug-likeness (QED) is 0.834. The molecule has 0 aromatic heterocycles. The number of aryl methyl sites for hydroxylation is 2. The summed E-state index contributed by atoms with van der Waals surface area (Å²) in [6, 6.07) is 11.8. The van der Waals surface area contributed by atoms with E-state index in [-0.39, 0.29) is 17.7 Å². The summed E-state index contributed by atoms with van der Waals surface area (Å²) < 4.78 is 0. The minimum absolute atomic E-state index is 0.0543. The van der Waals surface area contributed by atoms with Crippen LogP contribution < -0.4 is 10.6 Å². The third kappa shape index (κ3) is 5.07. The topological polar surface area (TPSA) is 58.2 Å². The molecule has 0 spiro atoms. The number of carbonyl (C=O) groups is 2. The van der Waals surface area contributed by atoms with E-state index >= 15 is 0 Å². The van der Waals surface area contributed by atoms with E-state index in [0.29, 0.717) is 10.6 Å². The van der Waals surface area contributed by atoms with Gasteiger partial charge in [0.15, 0.2) is 0 Å². The van der Waals surface area contributed by atoms with Gasteiger partial charge in [0.05, 0.1) is 0 Å². The van der Waals surface area contributed by atoms with Crippen LogP contribution in [0.4, 0.5) is 5.69 Å². The zero-order chi connectivity index (χ0) is 18.6. The standard InChI is InChI=1S/C20H23ClN2O2/c1-12(2)18(23-19(24)15-7-9-16(21)10-8-15)20(25)22-17-11-13(3)5-6-14(17)4/h5-12,18H,1-4H3,(H,22,25)(H,23,24)/t18-/m1/s1. The van der Waals surface area contributed by atoms with Gasteiger partial charge in [0, 0.05) is 16.3 Å². The Balaban J connectivity index is 2.14. The molecular formula is C20H23ClN2O2. The van der Waals surface area contributed by atoms with Crippen LogP contribution in [0.1, 0.15) is 35.3 Å². The van der Waals surface area contributed by atoms with E-state index < -0.39 is 6.04 Å². The maximum absolute atomic E-state index is 12.7. The summed E-state index contributed by atoms with van der Waals surface area (Å²) in [4.78, 5) is 25.1. The number of hydrogen-bond acceptors (Lipinski definition) is 2. The molecule has 0 aliphatic rings. The van der Waals surface area contributed by atoms with Gasteiger partial charge in [0.25, 0.3) is 5.91 Å². The number of hydrogen-bond donors (Lipinski definition) is 2. The number of carbonyl (C=O) groups excluding carboxylic acids is 2.